The first-order chi connectivity index (χ1) is 9.20. The molecule has 3 rings (SSSR count). The Morgan fingerprint density at radius 3 is 2.74 bits per heavy atom. The van der Waals surface area contributed by atoms with Crippen LogP contribution in [0.1, 0.15) is 37.5 Å². The van der Waals surface area contributed by atoms with Crippen LogP contribution in [0.3, 0.4) is 0 Å². The molecule has 2 nitrogen and oxygen atoms in total. The quantitative estimate of drug-likeness (QED) is 0.750. The molecule has 5 heteroatoms. The predicted octanol–water partition coefficient (Wildman–Crippen LogP) is 4.73. The largest absolute Gasteiger partial charge is 0.325 e. The zero-order chi connectivity index (χ0) is 13.4. The Bertz CT molecular complexity index is 603. The first-order valence-electron chi connectivity index (χ1n) is 6.62. The Morgan fingerprint density at radius 1 is 1.32 bits per heavy atom. The molecule has 1 saturated carbocycles. The molecular weight excluding hydrogens is 286 g/mol. The third-order valence-corrected chi connectivity index (χ3v) is 4.29. The van der Waals surface area contributed by atoms with Crippen molar-refractivity contribution in [3.63, 3.8) is 0 Å². The number of rotatable bonds is 3. The molecule has 0 atom stereocenters. The van der Waals surface area contributed by atoms with Crippen LogP contribution in [0.5, 0.6) is 0 Å². The third kappa shape index (κ3) is 2.34. The predicted molar refractivity (Wildman–Crippen MR) is 76.6 cm³/mol. The highest BCUT2D eigenvalue weighted by atomic mass is 35.5. The summed E-state index contributed by atoms with van der Waals surface area (Å²) in [5, 5.41) is 0.126. The van der Waals surface area contributed by atoms with Gasteiger partial charge in [0, 0.05) is 24.4 Å². The molecule has 2 aromatic rings. The van der Waals surface area contributed by atoms with Crippen molar-refractivity contribution in [1.82, 2.24) is 9.55 Å². The van der Waals surface area contributed by atoms with E-state index in [0.29, 0.717) is 18.3 Å². The molecular formula is C14H15Cl2FN2. The first kappa shape index (κ1) is 13.2. The number of halogens is 3. The van der Waals surface area contributed by atoms with Crippen molar-refractivity contribution in [3.05, 3.63) is 28.8 Å². The average Bonchev–Trinajstić information content (AvgIpc) is 2.98. The van der Waals surface area contributed by atoms with Crippen molar-refractivity contribution >= 4 is 34.2 Å². The van der Waals surface area contributed by atoms with Crippen molar-refractivity contribution < 1.29 is 4.39 Å². The van der Waals surface area contributed by atoms with Gasteiger partial charge in [0.05, 0.1) is 16.1 Å². The van der Waals surface area contributed by atoms with Gasteiger partial charge in [-0.25, -0.2) is 9.37 Å². The van der Waals surface area contributed by atoms with Crippen LogP contribution in [0.25, 0.3) is 11.0 Å². The smallest absolute Gasteiger partial charge is 0.144 e. The van der Waals surface area contributed by atoms with Crippen LogP contribution in [0.4, 0.5) is 4.39 Å². The highest BCUT2D eigenvalue weighted by Gasteiger charge is 2.23. The molecule has 0 saturated heterocycles. The Morgan fingerprint density at radius 2 is 2.05 bits per heavy atom. The normalized spacial score (nSPS) is 16.6. The number of nitrogens with zero attached hydrogens (tertiary/aromatic N) is 2. The minimum Gasteiger partial charge on any atom is -0.325 e. The summed E-state index contributed by atoms with van der Waals surface area (Å²) >= 11 is 11.7. The van der Waals surface area contributed by atoms with Crippen LogP contribution in [-0.4, -0.2) is 15.4 Å². The fraction of sp³-hybridized carbons (Fsp3) is 0.500. The van der Waals surface area contributed by atoms with Crippen molar-refractivity contribution in [2.75, 3.05) is 5.88 Å². The number of hydrogen-bond donors (Lipinski definition) is 0. The van der Waals surface area contributed by atoms with Crippen LogP contribution in [0.15, 0.2) is 12.1 Å². The highest BCUT2D eigenvalue weighted by molar-refractivity contribution is 6.31. The van der Waals surface area contributed by atoms with Gasteiger partial charge in [0.1, 0.15) is 11.6 Å². The van der Waals surface area contributed by atoms with Gasteiger partial charge in [-0.2, -0.15) is 0 Å². The molecule has 0 aliphatic heterocycles. The lowest BCUT2D eigenvalue weighted by Crippen LogP contribution is -2.09. The Labute approximate surface area is 121 Å². The molecule has 0 amide bonds. The second-order valence-corrected chi connectivity index (χ2v) is 5.82. The van der Waals surface area contributed by atoms with E-state index in [9.17, 15) is 4.39 Å². The molecule has 1 aromatic heterocycles. The summed E-state index contributed by atoms with van der Waals surface area (Å²) in [5.74, 6) is 1.08. The fourth-order valence-electron chi connectivity index (χ4n) is 2.97. The van der Waals surface area contributed by atoms with Gasteiger partial charge in [0.25, 0.3) is 0 Å². The second kappa shape index (κ2) is 5.29. The molecule has 1 heterocycles. The van der Waals surface area contributed by atoms with E-state index in [-0.39, 0.29) is 10.8 Å². The lowest BCUT2D eigenvalue weighted by atomic mass is 10.2. The van der Waals surface area contributed by atoms with Gasteiger partial charge in [-0.1, -0.05) is 24.4 Å². The van der Waals surface area contributed by atoms with E-state index < -0.39 is 0 Å². The summed E-state index contributed by atoms with van der Waals surface area (Å²) in [7, 11) is 0. The number of hydrogen-bond acceptors (Lipinski definition) is 1. The highest BCUT2D eigenvalue weighted by Crippen LogP contribution is 2.35. The maximum atomic E-state index is 13.7. The van der Waals surface area contributed by atoms with E-state index in [1.54, 1.807) is 6.07 Å². The van der Waals surface area contributed by atoms with E-state index in [0.717, 1.165) is 29.7 Å². The maximum Gasteiger partial charge on any atom is 0.144 e. The molecule has 0 radical (unpaired) electrons. The molecule has 0 bridgehead atoms. The fourth-order valence-corrected chi connectivity index (χ4v) is 3.30. The third-order valence-electron chi connectivity index (χ3n) is 3.81. The van der Waals surface area contributed by atoms with E-state index >= 15 is 0 Å². The topological polar surface area (TPSA) is 17.8 Å². The Kier molecular flexibility index (Phi) is 3.68. The molecule has 19 heavy (non-hydrogen) atoms. The zero-order valence-electron chi connectivity index (χ0n) is 10.5. The van der Waals surface area contributed by atoms with Crippen LogP contribution in [-0.2, 0) is 6.42 Å². The summed E-state index contributed by atoms with van der Waals surface area (Å²) in [5.41, 5.74) is 1.60. The van der Waals surface area contributed by atoms with Crippen LogP contribution >= 0.6 is 23.2 Å². The van der Waals surface area contributed by atoms with E-state index in [1.165, 1.54) is 18.9 Å². The number of imidazole rings is 1. The molecule has 0 N–H and O–H groups in total. The van der Waals surface area contributed by atoms with Crippen LogP contribution < -0.4 is 0 Å². The van der Waals surface area contributed by atoms with Crippen molar-refractivity contribution in [1.29, 1.82) is 0 Å². The van der Waals surface area contributed by atoms with Gasteiger partial charge in [0.15, 0.2) is 0 Å². The van der Waals surface area contributed by atoms with Gasteiger partial charge in [-0.05, 0) is 18.9 Å². The average molecular weight is 301 g/mol. The minimum absolute atomic E-state index is 0.126. The number of aromatic nitrogens is 2. The lowest BCUT2D eigenvalue weighted by Gasteiger charge is -2.16. The van der Waals surface area contributed by atoms with E-state index in [2.05, 4.69) is 9.55 Å². The van der Waals surface area contributed by atoms with E-state index in [4.69, 9.17) is 23.2 Å². The zero-order valence-corrected chi connectivity index (χ0v) is 12.0. The maximum absolute atomic E-state index is 13.7. The van der Waals surface area contributed by atoms with Gasteiger partial charge in [-0.15, -0.1) is 11.6 Å². The van der Waals surface area contributed by atoms with Crippen molar-refractivity contribution in [3.8, 4) is 0 Å². The SMILES string of the molecule is Fc1cc2c(cc1Cl)nc(CCCl)n2C1CCCC1. The summed E-state index contributed by atoms with van der Waals surface area (Å²) in [6.07, 6.45) is 5.41. The standard InChI is InChI=1S/C14H15Cl2FN2/c15-6-5-14-18-12-7-10(16)11(17)8-13(12)19(14)9-3-1-2-4-9/h7-9H,1-6H2. The Hall–Kier alpha value is -0.800. The van der Waals surface area contributed by atoms with Crippen LogP contribution in [0, 0.1) is 5.82 Å². The Balaban J connectivity index is 2.19. The number of benzene rings is 1. The molecule has 1 aromatic carbocycles. The van der Waals surface area contributed by atoms with Crippen molar-refractivity contribution in [2.45, 2.75) is 38.1 Å². The molecule has 102 valence electrons. The summed E-state index contributed by atoms with van der Waals surface area (Å²) < 4.78 is 15.9. The van der Waals surface area contributed by atoms with Crippen LogP contribution in [0.2, 0.25) is 5.02 Å². The molecule has 1 aliphatic carbocycles. The monoisotopic (exact) mass is 300 g/mol. The minimum atomic E-state index is -0.384. The van der Waals surface area contributed by atoms with Gasteiger partial charge >= 0.3 is 0 Å². The first-order valence-corrected chi connectivity index (χ1v) is 7.54. The summed E-state index contributed by atoms with van der Waals surface area (Å²) in [6, 6.07) is 3.53. The van der Waals surface area contributed by atoms with E-state index in [1.807, 2.05) is 0 Å². The van der Waals surface area contributed by atoms with Gasteiger partial charge < -0.3 is 4.57 Å². The molecule has 1 fully saturated rings. The molecule has 1 aliphatic rings. The summed E-state index contributed by atoms with van der Waals surface area (Å²) in [6.45, 7) is 0. The van der Waals surface area contributed by atoms with Gasteiger partial charge in [-0.3, -0.25) is 0 Å². The van der Waals surface area contributed by atoms with Crippen molar-refractivity contribution in [2.24, 2.45) is 0 Å². The summed E-state index contributed by atoms with van der Waals surface area (Å²) in [4.78, 5) is 4.58. The number of fused-ring (bicyclic) bond motifs is 1. The second-order valence-electron chi connectivity index (χ2n) is 5.03. The molecule has 0 spiro atoms. The number of aryl methyl sites for hydroxylation is 1. The number of alkyl halides is 1. The molecule has 0 unspecified atom stereocenters. The van der Waals surface area contributed by atoms with Gasteiger partial charge in [0.2, 0.25) is 0 Å². The lowest BCUT2D eigenvalue weighted by molar-refractivity contribution is 0.512.